The molecule has 2 aliphatic rings. The van der Waals surface area contributed by atoms with E-state index >= 15 is 0 Å². The number of ether oxygens (including phenoxy) is 4. The second-order valence-electron chi connectivity index (χ2n) is 10.2. The molecule has 5 rings (SSSR count). The minimum absolute atomic E-state index is 0.0157. The lowest BCUT2D eigenvalue weighted by molar-refractivity contribution is -0.222. The van der Waals surface area contributed by atoms with E-state index in [1.807, 2.05) is 36.2 Å². The normalized spacial score (nSPS) is 22.1. The maximum Gasteiger partial charge on any atom is 0.357 e. The Bertz CT molecular complexity index is 1350. The number of hydrogen-bond acceptors (Lipinski definition) is 10. The van der Waals surface area contributed by atoms with E-state index in [1.54, 1.807) is 49.3 Å². The van der Waals surface area contributed by atoms with Crippen LogP contribution < -0.4 is 10.1 Å². The molecule has 4 atom stereocenters. The molecule has 1 aromatic heterocycles. The van der Waals surface area contributed by atoms with Crippen molar-refractivity contribution in [1.29, 1.82) is 0 Å². The summed E-state index contributed by atoms with van der Waals surface area (Å²) in [6.07, 6.45) is 1.82. The van der Waals surface area contributed by atoms with Gasteiger partial charge in [-0.2, -0.15) is 0 Å². The molecule has 1 unspecified atom stereocenters. The van der Waals surface area contributed by atoms with Crippen LogP contribution in [0.3, 0.4) is 0 Å². The molecular weight excluding hydrogens is 537 g/mol. The first-order chi connectivity index (χ1) is 19.2. The van der Waals surface area contributed by atoms with E-state index in [1.165, 1.54) is 12.1 Å². The van der Waals surface area contributed by atoms with Gasteiger partial charge in [0.1, 0.15) is 36.1 Å². The molecule has 0 aliphatic carbocycles. The number of hydrogen-bond donors (Lipinski definition) is 2. The molecule has 0 radical (unpaired) electrons. The van der Waals surface area contributed by atoms with Gasteiger partial charge in [0.15, 0.2) is 17.8 Å². The molecular formula is C28H32FN5O5S. The number of fused-ring (bicyclic) bond motifs is 1. The number of imidazole rings is 1. The van der Waals surface area contributed by atoms with Gasteiger partial charge >= 0.3 is 5.24 Å². The maximum atomic E-state index is 13.7. The van der Waals surface area contributed by atoms with Crippen molar-refractivity contribution in [3.05, 3.63) is 78.0 Å². The zero-order chi connectivity index (χ0) is 28.3. The standard InChI is InChI=1S/C28H32FN5O5S/c1-28(2,35)39-22-13-21(15-36-27(40)38-20-10-5-4-6-11-20)37-26(22)34-17-32-23-24(30-16-31-25(23)34)33(3)14-18-8-7-9-19(29)12-18/h4-12,16-17,21-22,24,26,35H,13-15H2,1-3H3,(H,30,31)/t21-,22+,24?,26+/m0/s1. The lowest BCUT2D eigenvalue weighted by Crippen LogP contribution is -2.37. The van der Waals surface area contributed by atoms with Crippen LogP contribution in [0.1, 0.15) is 43.9 Å². The molecule has 12 heteroatoms. The van der Waals surface area contributed by atoms with Crippen LogP contribution in [0.25, 0.3) is 0 Å². The summed E-state index contributed by atoms with van der Waals surface area (Å²) in [5, 5.41) is 13.6. The van der Waals surface area contributed by atoms with Crippen molar-refractivity contribution >= 4 is 29.6 Å². The number of aromatic nitrogens is 2. The van der Waals surface area contributed by atoms with Crippen LogP contribution in [-0.2, 0) is 20.8 Å². The first-order valence-corrected chi connectivity index (χ1v) is 13.3. The number of aliphatic imine (C=N–C) groups is 1. The van der Waals surface area contributed by atoms with Crippen molar-refractivity contribution < 1.29 is 28.4 Å². The Morgan fingerprint density at radius 3 is 2.80 bits per heavy atom. The highest BCUT2D eigenvalue weighted by molar-refractivity contribution is 7.79. The molecule has 1 saturated heterocycles. The lowest BCUT2D eigenvalue weighted by Gasteiger charge is -2.30. The van der Waals surface area contributed by atoms with E-state index < -0.39 is 24.2 Å². The highest BCUT2D eigenvalue weighted by Crippen LogP contribution is 2.39. The quantitative estimate of drug-likeness (QED) is 0.290. The smallest absolute Gasteiger partial charge is 0.357 e. The fourth-order valence-corrected chi connectivity index (χ4v) is 4.96. The third-order valence-corrected chi connectivity index (χ3v) is 6.63. The minimum atomic E-state index is -1.40. The van der Waals surface area contributed by atoms with E-state index in [2.05, 4.69) is 15.3 Å². The Morgan fingerprint density at radius 1 is 1.25 bits per heavy atom. The molecule has 0 amide bonds. The van der Waals surface area contributed by atoms with Crippen LogP contribution in [0.2, 0.25) is 0 Å². The summed E-state index contributed by atoms with van der Waals surface area (Å²) in [5.41, 5.74) is 1.52. The molecule has 1 fully saturated rings. The second kappa shape index (κ2) is 12.0. The fraction of sp³-hybridized carbons (Fsp3) is 0.393. The van der Waals surface area contributed by atoms with Gasteiger partial charge in [0, 0.05) is 25.2 Å². The summed E-state index contributed by atoms with van der Waals surface area (Å²) in [6, 6.07) is 15.6. The number of benzene rings is 2. The van der Waals surface area contributed by atoms with Crippen LogP contribution in [-0.4, -0.2) is 62.8 Å². The molecule has 10 nitrogen and oxygen atoms in total. The maximum absolute atomic E-state index is 13.7. The molecule has 0 spiro atoms. The molecule has 0 bridgehead atoms. The molecule has 40 heavy (non-hydrogen) atoms. The predicted molar refractivity (Wildman–Crippen MR) is 149 cm³/mol. The summed E-state index contributed by atoms with van der Waals surface area (Å²) >= 11 is 5.23. The van der Waals surface area contributed by atoms with Gasteiger partial charge < -0.3 is 29.4 Å². The average Bonchev–Trinajstić information content (AvgIpc) is 3.50. The summed E-state index contributed by atoms with van der Waals surface area (Å²) in [5.74, 6) is -0.508. The summed E-state index contributed by atoms with van der Waals surface area (Å²) in [7, 11) is 1.92. The van der Waals surface area contributed by atoms with Crippen molar-refractivity contribution in [2.45, 2.75) is 57.2 Å². The van der Waals surface area contributed by atoms with Crippen LogP contribution in [0, 0.1) is 5.82 Å². The molecule has 3 heterocycles. The SMILES string of the molecule is CN(Cc1cccc(F)c1)C1NC=Nc2c1ncn2[C@@H]1O[C@H](COC(=S)Oc2ccccc2)C[C@H]1OC(C)(C)O. The van der Waals surface area contributed by atoms with Gasteiger partial charge in [-0.15, -0.1) is 0 Å². The predicted octanol–water partition coefficient (Wildman–Crippen LogP) is 4.20. The molecule has 2 aliphatic heterocycles. The monoisotopic (exact) mass is 569 g/mol. The van der Waals surface area contributed by atoms with Crippen LogP contribution in [0.15, 0.2) is 65.9 Å². The van der Waals surface area contributed by atoms with Crippen LogP contribution in [0.4, 0.5) is 10.2 Å². The third kappa shape index (κ3) is 6.83. The van der Waals surface area contributed by atoms with E-state index in [0.29, 0.717) is 30.2 Å². The Labute approximate surface area is 237 Å². The Balaban J connectivity index is 1.30. The number of rotatable bonds is 9. The molecule has 0 saturated carbocycles. The van der Waals surface area contributed by atoms with E-state index in [9.17, 15) is 9.50 Å². The van der Waals surface area contributed by atoms with Gasteiger partial charge in [-0.1, -0.05) is 30.3 Å². The van der Waals surface area contributed by atoms with Crippen molar-refractivity contribution in [2.24, 2.45) is 4.99 Å². The first-order valence-electron chi connectivity index (χ1n) is 12.9. The Kier molecular flexibility index (Phi) is 8.43. The van der Waals surface area contributed by atoms with E-state index in [-0.39, 0.29) is 23.8 Å². The zero-order valence-electron chi connectivity index (χ0n) is 22.4. The first kappa shape index (κ1) is 28.1. The van der Waals surface area contributed by atoms with Gasteiger partial charge in [-0.05, 0) is 50.7 Å². The van der Waals surface area contributed by atoms with Crippen molar-refractivity contribution in [3.63, 3.8) is 0 Å². The average molecular weight is 570 g/mol. The Morgan fingerprint density at radius 2 is 2.05 bits per heavy atom. The van der Waals surface area contributed by atoms with Gasteiger partial charge in [0.2, 0.25) is 0 Å². The molecule has 3 aromatic rings. The number of para-hydroxylation sites is 1. The van der Waals surface area contributed by atoms with E-state index in [4.69, 9.17) is 31.2 Å². The summed E-state index contributed by atoms with van der Waals surface area (Å²) in [6.45, 7) is 3.76. The van der Waals surface area contributed by atoms with Crippen LogP contribution >= 0.6 is 12.2 Å². The number of nitrogens with zero attached hydrogens (tertiary/aromatic N) is 4. The van der Waals surface area contributed by atoms with Gasteiger partial charge in [-0.25, -0.2) is 14.4 Å². The van der Waals surface area contributed by atoms with Crippen molar-refractivity contribution in [1.82, 2.24) is 19.8 Å². The number of nitrogens with one attached hydrogen (secondary N) is 1. The third-order valence-electron chi connectivity index (χ3n) is 6.43. The number of halogens is 1. The highest BCUT2D eigenvalue weighted by Gasteiger charge is 2.42. The van der Waals surface area contributed by atoms with Crippen LogP contribution in [0.5, 0.6) is 5.75 Å². The van der Waals surface area contributed by atoms with E-state index in [0.717, 1.165) is 5.56 Å². The molecule has 2 aromatic carbocycles. The van der Waals surface area contributed by atoms with Crippen molar-refractivity contribution in [2.75, 3.05) is 13.7 Å². The second-order valence-corrected chi connectivity index (χ2v) is 10.5. The highest BCUT2D eigenvalue weighted by atomic mass is 32.1. The molecule has 2 N–H and O–H groups in total. The minimum Gasteiger partial charge on any atom is -0.454 e. The zero-order valence-corrected chi connectivity index (χ0v) is 23.3. The Hall–Kier alpha value is -3.42. The lowest BCUT2D eigenvalue weighted by atomic mass is 10.1. The van der Waals surface area contributed by atoms with Gasteiger partial charge in [-0.3, -0.25) is 9.47 Å². The fourth-order valence-electron chi connectivity index (χ4n) is 4.80. The summed E-state index contributed by atoms with van der Waals surface area (Å²) in [4.78, 5) is 11.2. The van der Waals surface area contributed by atoms with Gasteiger partial charge in [0.05, 0.1) is 18.8 Å². The number of aliphatic hydroxyl groups is 1. The largest absolute Gasteiger partial charge is 0.454 e. The molecule has 212 valence electrons. The number of thiocarbonyl (C=S) groups is 1. The topological polar surface area (TPSA) is 103 Å². The summed E-state index contributed by atoms with van der Waals surface area (Å²) < 4.78 is 39.0. The van der Waals surface area contributed by atoms with Gasteiger partial charge in [0.25, 0.3) is 0 Å². The van der Waals surface area contributed by atoms with Crippen molar-refractivity contribution in [3.8, 4) is 5.75 Å².